The number of nitrogens with two attached hydrogens (primary N) is 1. The zero-order valence-corrected chi connectivity index (χ0v) is 19.0. The smallest absolute Gasteiger partial charge is 0.312 e. The summed E-state index contributed by atoms with van der Waals surface area (Å²) in [4.78, 5) is 61.9. The molecule has 13 nitrogen and oxygen atoms in total. The number of carbonyl (C=O) groups is 4. The van der Waals surface area contributed by atoms with Crippen LogP contribution in [0.4, 0.5) is 10.2 Å². The number of hydrogen-bond acceptors (Lipinski definition) is 11. The molecular formula is C22H19FN6O7. The van der Waals surface area contributed by atoms with Gasteiger partial charge in [-0.1, -0.05) is 12.1 Å². The molecule has 0 radical (unpaired) electrons. The largest absolute Gasteiger partial charge is 0.456 e. The minimum Gasteiger partial charge on any atom is -0.456 e. The number of esters is 2. The molecular weight excluding hydrogens is 479 g/mol. The van der Waals surface area contributed by atoms with Crippen LogP contribution in [0.1, 0.15) is 40.8 Å². The molecule has 36 heavy (non-hydrogen) atoms. The van der Waals surface area contributed by atoms with E-state index in [2.05, 4.69) is 15.0 Å². The highest BCUT2D eigenvalue weighted by Gasteiger charge is 2.52. The second kappa shape index (κ2) is 8.64. The molecule has 3 aromatic rings. The lowest BCUT2D eigenvalue weighted by atomic mass is 10.1. The lowest BCUT2D eigenvalue weighted by Gasteiger charge is -2.25. The molecule has 186 valence electrons. The van der Waals surface area contributed by atoms with Crippen LogP contribution in [0, 0.1) is 6.08 Å². The van der Waals surface area contributed by atoms with Gasteiger partial charge in [0.1, 0.15) is 6.10 Å². The van der Waals surface area contributed by atoms with Gasteiger partial charge >= 0.3 is 18.0 Å². The molecule has 0 spiro atoms. The first-order valence-corrected chi connectivity index (χ1v) is 10.8. The lowest BCUT2D eigenvalue weighted by Crippen LogP contribution is -2.45. The second-order valence-electron chi connectivity index (χ2n) is 8.18. The van der Waals surface area contributed by atoms with Crippen LogP contribution in [-0.4, -0.2) is 73.0 Å². The number of aromatic nitrogens is 4. The fourth-order valence-electron chi connectivity index (χ4n) is 4.41. The van der Waals surface area contributed by atoms with Gasteiger partial charge in [0, 0.05) is 13.8 Å². The summed E-state index contributed by atoms with van der Waals surface area (Å²) in [6.45, 7) is 1.97. The van der Waals surface area contributed by atoms with E-state index in [0.29, 0.717) is 0 Å². The van der Waals surface area contributed by atoms with Gasteiger partial charge in [0.15, 0.2) is 35.4 Å². The summed E-state index contributed by atoms with van der Waals surface area (Å²) in [6.07, 6.45) is -4.73. The molecule has 4 atom stereocenters. The van der Waals surface area contributed by atoms with Crippen molar-refractivity contribution in [3.05, 3.63) is 47.8 Å². The number of anilines is 1. The van der Waals surface area contributed by atoms with Crippen molar-refractivity contribution in [2.75, 3.05) is 12.3 Å². The monoisotopic (exact) mass is 498 g/mol. The fraction of sp³-hybridized carbons (Fsp3) is 0.318. The number of hydrogen-bond donors (Lipinski definition) is 1. The van der Waals surface area contributed by atoms with E-state index in [4.69, 9.17) is 19.9 Å². The Hall–Kier alpha value is -4.46. The van der Waals surface area contributed by atoms with E-state index in [-0.39, 0.29) is 34.7 Å². The molecule has 0 bridgehead atoms. The van der Waals surface area contributed by atoms with Crippen molar-refractivity contribution < 1.29 is 37.8 Å². The highest BCUT2D eigenvalue weighted by Crippen LogP contribution is 2.37. The Morgan fingerprint density at radius 2 is 1.67 bits per heavy atom. The van der Waals surface area contributed by atoms with Crippen LogP contribution < -0.4 is 5.73 Å². The molecule has 2 amide bonds. The van der Waals surface area contributed by atoms with Crippen molar-refractivity contribution in [2.45, 2.75) is 38.4 Å². The van der Waals surface area contributed by atoms with Crippen LogP contribution in [0.25, 0.3) is 11.2 Å². The number of ether oxygens (including phenoxy) is 3. The van der Waals surface area contributed by atoms with Crippen LogP contribution in [0.2, 0.25) is 0 Å². The molecule has 0 unspecified atom stereocenters. The van der Waals surface area contributed by atoms with Gasteiger partial charge < -0.3 is 19.9 Å². The van der Waals surface area contributed by atoms with E-state index in [1.165, 1.54) is 23.0 Å². The number of halogens is 1. The number of fused-ring (bicyclic) bond motifs is 2. The number of carbonyl (C=O) groups excluding carboxylic acids is 4. The van der Waals surface area contributed by atoms with Crippen LogP contribution in [0.5, 0.6) is 0 Å². The highest BCUT2D eigenvalue weighted by molar-refractivity contribution is 6.21. The van der Waals surface area contributed by atoms with Crippen LogP contribution in [0.3, 0.4) is 0 Å². The maximum absolute atomic E-state index is 13.9. The zero-order chi connectivity index (χ0) is 25.7. The molecule has 2 aliphatic heterocycles. The summed E-state index contributed by atoms with van der Waals surface area (Å²) in [6, 6.07) is 6.31. The van der Waals surface area contributed by atoms with E-state index < -0.39 is 54.4 Å². The van der Waals surface area contributed by atoms with Gasteiger partial charge in [-0.3, -0.25) is 28.6 Å². The van der Waals surface area contributed by atoms with Gasteiger partial charge in [0.2, 0.25) is 0 Å². The minimum atomic E-state index is -1.26. The van der Waals surface area contributed by atoms with Crippen LogP contribution in [0.15, 0.2) is 30.6 Å². The van der Waals surface area contributed by atoms with Crippen molar-refractivity contribution in [2.24, 2.45) is 0 Å². The maximum atomic E-state index is 13.9. The van der Waals surface area contributed by atoms with Crippen LogP contribution in [-0.2, 0) is 23.8 Å². The minimum absolute atomic E-state index is 0.0643. The van der Waals surface area contributed by atoms with E-state index in [0.717, 1.165) is 18.7 Å². The topological polar surface area (TPSA) is 169 Å². The summed E-state index contributed by atoms with van der Waals surface area (Å²) in [5, 5.41) is 0. The fourth-order valence-corrected chi connectivity index (χ4v) is 4.41. The van der Waals surface area contributed by atoms with Gasteiger partial charge in [0.05, 0.1) is 24.0 Å². The van der Waals surface area contributed by atoms with Crippen molar-refractivity contribution in [3.63, 3.8) is 0 Å². The van der Waals surface area contributed by atoms with Crippen molar-refractivity contribution in [1.82, 2.24) is 24.4 Å². The van der Waals surface area contributed by atoms with Crippen molar-refractivity contribution in [1.29, 1.82) is 0 Å². The van der Waals surface area contributed by atoms with Crippen LogP contribution >= 0.6 is 0 Å². The normalized spacial score (nSPS) is 23.2. The first-order chi connectivity index (χ1) is 17.2. The van der Waals surface area contributed by atoms with Gasteiger partial charge in [0.25, 0.3) is 11.8 Å². The summed E-state index contributed by atoms with van der Waals surface area (Å²) >= 11 is 0. The molecule has 2 aliphatic rings. The molecule has 2 aromatic heterocycles. The lowest BCUT2D eigenvalue weighted by molar-refractivity contribution is -0.165. The van der Waals surface area contributed by atoms with Gasteiger partial charge in [-0.05, 0) is 12.1 Å². The average Bonchev–Trinajstić information content (AvgIpc) is 3.44. The number of nitrogens with zero attached hydrogens (tertiary/aromatic N) is 5. The molecule has 5 rings (SSSR count). The molecule has 0 saturated carbocycles. The number of imidazole rings is 1. The van der Waals surface area contributed by atoms with Gasteiger partial charge in [-0.2, -0.15) is 14.4 Å². The van der Waals surface area contributed by atoms with Crippen molar-refractivity contribution in [3.8, 4) is 0 Å². The summed E-state index contributed by atoms with van der Waals surface area (Å²) < 4.78 is 32.1. The van der Waals surface area contributed by atoms with E-state index in [9.17, 15) is 23.6 Å². The number of rotatable bonds is 5. The van der Waals surface area contributed by atoms with E-state index >= 15 is 0 Å². The van der Waals surface area contributed by atoms with Gasteiger partial charge in [-0.15, -0.1) is 0 Å². The van der Waals surface area contributed by atoms with E-state index in [1.807, 2.05) is 0 Å². The Kier molecular flexibility index (Phi) is 5.59. The number of amides is 2. The SMILES string of the molecule is CC(=O)O[C@@H]1[C@H](OC(C)=O)[C@@H](CN2C(=O)c3ccccc3C2=O)O[C@H]1n1cnc2c(N)nc(F)nc21. The first kappa shape index (κ1) is 23.3. The summed E-state index contributed by atoms with van der Waals surface area (Å²) in [5.41, 5.74) is 6.19. The number of nitrogen functional groups attached to an aromatic ring is 1. The standard InChI is InChI=1S/C22H19FN6O7/c1-9(30)34-15-13(7-28-19(32)11-5-3-4-6-12(11)20(28)33)36-21(16(15)35-10(2)31)29-8-25-14-17(24)26-22(23)27-18(14)29/h3-6,8,13,15-16,21H,7H2,1-2H3,(H2,24,26,27)/t13-,15-,16-,21-/m1/s1. The first-order valence-electron chi connectivity index (χ1n) is 10.8. The molecule has 1 saturated heterocycles. The zero-order valence-electron chi connectivity index (χ0n) is 19.0. The average molecular weight is 498 g/mol. The third-order valence-corrected chi connectivity index (χ3v) is 5.83. The highest BCUT2D eigenvalue weighted by atomic mass is 19.1. The molecule has 0 aliphatic carbocycles. The molecule has 1 aromatic carbocycles. The summed E-state index contributed by atoms with van der Waals surface area (Å²) in [5.74, 6) is -2.77. The number of imide groups is 1. The Bertz CT molecular complexity index is 1390. The van der Waals surface area contributed by atoms with E-state index in [1.54, 1.807) is 12.1 Å². The Balaban J connectivity index is 1.54. The molecule has 14 heteroatoms. The second-order valence-corrected chi connectivity index (χ2v) is 8.18. The third kappa shape index (κ3) is 3.80. The Labute approximate surface area is 202 Å². The van der Waals surface area contributed by atoms with Crippen molar-refractivity contribution >= 4 is 40.7 Å². The predicted octanol–water partition coefficient (Wildman–Crippen LogP) is 0.605. The Morgan fingerprint density at radius 1 is 1.06 bits per heavy atom. The maximum Gasteiger partial charge on any atom is 0.312 e. The molecule has 4 heterocycles. The predicted molar refractivity (Wildman–Crippen MR) is 117 cm³/mol. The molecule has 1 fully saturated rings. The Morgan fingerprint density at radius 3 is 2.28 bits per heavy atom. The quantitative estimate of drug-likeness (QED) is 0.297. The number of benzene rings is 1. The summed E-state index contributed by atoms with van der Waals surface area (Å²) in [7, 11) is 0. The van der Waals surface area contributed by atoms with Gasteiger partial charge in [-0.25, -0.2) is 4.98 Å². The molecule has 2 N–H and O–H groups in total. The third-order valence-electron chi connectivity index (χ3n) is 5.83.